The molecule has 1 heterocycles. The summed E-state index contributed by atoms with van der Waals surface area (Å²) < 4.78 is 15.9. The molecule has 0 aliphatic heterocycles. The second-order valence-corrected chi connectivity index (χ2v) is 4.03. The van der Waals surface area contributed by atoms with Gasteiger partial charge in [0.05, 0.1) is 6.04 Å². The first-order chi connectivity index (χ1) is 8.15. The van der Waals surface area contributed by atoms with Crippen molar-refractivity contribution < 1.29 is 4.39 Å². The molecule has 0 bridgehead atoms. The highest BCUT2D eigenvalue weighted by atomic mass is 19.1. The largest absolute Gasteiger partial charge is 0.334 e. The van der Waals surface area contributed by atoms with Gasteiger partial charge in [-0.05, 0) is 19.4 Å². The molecule has 1 unspecified atom stereocenters. The van der Waals surface area contributed by atoms with Gasteiger partial charge < -0.3 is 10.3 Å². The summed E-state index contributed by atoms with van der Waals surface area (Å²) in [5.74, 6) is 0.447. The van der Waals surface area contributed by atoms with Crippen LogP contribution in [0.4, 0.5) is 4.39 Å². The van der Waals surface area contributed by atoms with Gasteiger partial charge in [-0.1, -0.05) is 18.2 Å². The Hall–Kier alpha value is -1.68. The highest BCUT2D eigenvalue weighted by Gasteiger charge is 2.18. The van der Waals surface area contributed by atoms with E-state index in [9.17, 15) is 4.39 Å². The van der Waals surface area contributed by atoms with Crippen molar-refractivity contribution >= 4 is 0 Å². The van der Waals surface area contributed by atoms with Crippen molar-refractivity contribution in [3.05, 3.63) is 53.4 Å². The van der Waals surface area contributed by atoms with Crippen LogP contribution < -0.4 is 5.73 Å². The van der Waals surface area contributed by atoms with Crippen molar-refractivity contribution in [2.24, 2.45) is 5.73 Å². The maximum atomic E-state index is 14.0. The predicted molar refractivity (Wildman–Crippen MR) is 65.1 cm³/mol. The first kappa shape index (κ1) is 11.8. The summed E-state index contributed by atoms with van der Waals surface area (Å²) in [6.07, 6.45) is 3.54. The van der Waals surface area contributed by atoms with Gasteiger partial charge in [-0.2, -0.15) is 0 Å². The topological polar surface area (TPSA) is 43.8 Å². The van der Waals surface area contributed by atoms with Gasteiger partial charge in [-0.25, -0.2) is 9.37 Å². The van der Waals surface area contributed by atoms with Gasteiger partial charge in [0.25, 0.3) is 0 Å². The van der Waals surface area contributed by atoms with E-state index in [1.165, 1.54) is 0 Å². The zero-order chi connectivity index (χ0) is 12.4. The van der Waals surface area contributed by atoms with Crippen LogP contribution in [0, 0.1) is 12.7 Å². The maximum absolute atomic E-state index is 14.0. The van der Waals surface area contributed by atoms with Crippen LogP contribution in [0.2, 0.25) is 0 Å². The van der Waals surface area contributed by atoms with Crippen molar-refractivity contribution in [1.82, 2.24) is 9.55 Å². The molecule has 0 radical (unpaired) electrons. The van der Waals surface area contributed by atoms with E-state index in [1.54, 1.807) is 25.3 Å². The van der Waals surface area contributed by atoms with Crippen molar-refractivity contribution in [3.63, 3.8) is 0 Å². The molecule has 1 aromatic heterocycles. The summed E-state index contributed by atoms with van der Waals surface area (Å²) >= 11 is 0. The fraction of sp³-hybridized carbons (Fsp3) is 0.308. The third-order valence-corrected chi connectivity index (χ3v) is 2.92. The first-order valence-corrected chi connectivity index (χ1v) is 5.66. The lowest BCUT2D eigenvalue weighted by Gasteiger charge is -2.15. The number of hydrogen-bond acceptors (Lipinski definition) is 2. The third kappa shape index (κ3) is 2.08. The standard InChI is InChI=1S/C13H16FN3/c1-3-17-8-7-16-13(17)12(15)10-6-4-5-9(2)11(10)14/h4-8,12H,3,15H2,1-2H3. The molecular formula is C13H16FN3. The highest BCUT2D eigenvalue weighted by Crippen LogP contribution is 2.22. The lowest BCUT2D eigenvalue weighted by atomic mass is 10.0. The van der Waals surface area contributed by atoms with Gasteiger partial charge in [0.2, 0.25) is 0 Å². The van der Waals surface area contributed by atoms with E-state index in [2.05, 4.69) is 4.98 Å². The van der Waals surface area contributed by atoms with Crippen LogP contribution >= 0.6 is 0 Å². The molecule has 0 saturated carbocycles. The monoisotopic (exact) mass is 233 g/mol. The van der Waals surface area contributed by atoms with Crippen LogP contribution in [-0.4, -0.2) is 9.55 Å². The Labute approximate surface area is 100 Å². The zero-order valence-electron chi connectivity index (χ0n) is 10.0. The first-order valence-electron chi connectivity index (χ1n) is 5.66. The molecule has 4 heteroatoms. The molecule has 2 rings (SSSR count). The van der Waals surface area contributed by atoms with E-state index in [0.29, 0.717) is 17.0 Å². The third-order valence-electron chi connectivity index (χ3n) is 2.92. The number of hydrogen-bond donors (Lipinski definition) is 1. The Morgan fingerprint density at radius 2 is 2.24 bits per heavy atom. The second kappa shape index (κ2) is 4.67. The molecule has 0 fully saturated rings. The molecule has 0 aliphatic carbocycles. The number of benzene rings is 1. The number of nitrogens with zero attached hydrogens (tertiary/aromatic N) is 2. The van der Waals surface area contributed by atoms with E-state index in [0.717, 1.165) is 6.54 Å². The highest BCUT2D eigenvalue weighted by molar-refractivity contribution is 5.31. The minimum Gasteiger partial charge on any atom is -0.334 e. The fourth-order valence-corrected chi connectivity index (χ4v) is 1.92. The molecule has 90 valence electrons. The number of imidazole rings is 1. The van der Waals surface area contributed by atoms with Gasteiger partial charge in [0, 0.05) is 24.5 Å². The normalized spacial score (nSPS) is 12.7. The van der Waals surface area contributed by atoms with Gasteiger partial charge in [0.15, 0.2) is 0 Å². The van der Waals surface area contributed by atoms with E-state index in [4.69, 9.17) is 5.73 Å². The quantitative estimate of drug-likeness (QED) is 0.884. The van der Waals surface area contributed by atoms with Crippen LogP contribution in [0.1, 0.15) is 29.9 Å². The second-order valence-electron chi connectivity index (χ2n) is 4.03. The van der Waals surface area contributed by atoms with Gasteiger partial charge >= 0.3 is 0 Å². The van der Waals surface area contributed by atoms with Crippen LogP contribution in [-0.2, 0) is 6.54 Å². The smallest absolute Gasteiger partial charge is 0.131 e. The molecule has 0 amide bonds. The minimum absolute atomic E-state index is 0.245. The average molecular weight is 233 g/mol. The molecule has 0 spiro atoms. The lowest BCUT2D eigenvalue weighted by molar-refractivity contribution is 0.574. The van der Waals surface area contributed by atoms with Crippen molar-refractivity contribution in [1.29, 1.82) is 0 Å². The average Bonchev–Trinajstić information content (AvgIpc) is 2.80. The minimum atomic E-state index is -0.523. The summed E-state index contributed by atoms with van der Waals surface area (Å²) in [4.78, 5) is 4.21. The van der Waals surface area contributed by atoms with Gasteiger partial charge in [-0.15, -0.1) is 0 Å². The Morgan fingerprint density at radius 3 is 2.94 bits per heavy atom. The Balaban J connectivity index is 2.44. The molecule has 2 aromatic rings. The van der Waals surface area contributed by atoms with E-state index < -0.39 is 6.04 Å². The van der Waals surface area contributed by atoms with Crippen LogP contribution in [0.5, 0.6) is 0 Å². The summed E-state index contributed by atoms with van der Waals surface area (Å²) in [6, 6.07) is 4.73. The van der Waals surface area contributed by atoms with Crippen molar-refractivity contribution in [2.45, 2.75) is 26.4 Å². The Morgan fingerprint density at radius 1 is 1.47 bits per heavy atom. The van der Waals surface area contributed by atoms with E-state index in [-0.39, 0.29) is 5.82 Å². The number of rotatable bonds is 3. The fourth-order valence-electron chi connectivity index (χ4n) is 1.92. The molecule has 0 aliphatic rings. The maximum Gasteiger partial charge on any atom is 0.131 e. The van der Waals surface area contributed by atoms with Crippen molar-refractivity contribution in [2.75, 3.05) is 0 Å². The Kier molecular flexibility index (Phi) is 3.24. The Bertz CT molecular complexity index is 519. The van der Waals surface area contributed by atoms with E-state index in [1.807, 2.05) is 23.8 Å². The van der Waals surface area contributed by atoms with Crippen LogP contribution in [0.15, 0.2) is 30.6 Å². The summed E-state index contributed by atoms with van der Waals surface area (Å²) in [6.45, 7) is 4.51. The number of halogens is 1. The van der Waals surface area contributed by atoms with Crippen LogP contribution in [0.25, 0.3) is 0 Å². The van der Waals surface area contributed by atoms with Crippen LogP contribution in [0.3, 0.4) is 0 Å². The molecule has 3 nitrogen and oxygen atoms in total. The van der Waals surface area contributed by atoms with E-state index >= 15 is 0 Å². The van der Waals surface area contributed by atoms with Gasteiger partial charge in [-0.3, -0.25) is 0 Å². The van der Waals surface area contributed by atoms with Gasteiger partial charge in [0.1, 0.15) is 11.6 Å². The molecule has 17 heavy (non-hydrogen) atoms. The number of aryl methyl sites for hydroxylation is 2. The number of nitrogens with two attached hydrogens (primary N) is 1. The SMILES string of the molecule is CCn1ccnc1C(N)c1cccc(C)c1F. The molecule has 1 aromatic carbocycles. The molecule has 2 N–H and O–H groups in total. The zero-order valence-corrected chi connectivity index (χ0v) is 10.0. The molecule has 1 atom stereocenters. The summed E-state index contributed by atoms with van der Waals surface area (Å²) in [7, 11) is 0. The number of aromatic nitrogens is 2. The predicted octanol–water partition coefficient (Wildman–Crippen LogP) is 2.40. The lowest BCUT2D eigenvalue weighted by Crippen LogP contribution is -2.19. The molecule has 0 saturated heterocycles. The molecular weight excluding hydrogens is 217 g/mol. The summed E-state index contributed by atoms with van der Waals surface area (Å²) in [5, 5.41) is 0. The summed E-state index contributed by atoms with van der Waals surface area (Å²) in [5.41, 5.74) is 7.18. The van der Waals surface area contributed by atoms with Crippen molar-refractivity contribution in [3.8, 4) is 0 Å².